The predicted octanol–water partition coefficient (Wildman–Crippen LogP) is 5.54. The molecule has 5 heteroatoms. The van der Waals surface area contributed by atoms with Gasteiger partial charge in [0.25, 0.3) is 0 Å². The molecular weight excluding hydrogens is 386 g/mol. The lowest BCUT2D eigenvalue weighted by molar-refractivity contribution is 0.180. The fraction of sp³-hybridized carbons (Fsp3) is 0.346. The molecule has 0 bridgehead atoms. The highest BCUT2D eigenvalue weighted by molar-refractivity contribution is 5.76. The molecule has 0 fully saturated rings. The summed E-state index contributed by atoms with van der Waals surface area (Å²) in [6.07, 6.45) is 3.04. The molecule has 0 aliphatic carbocycles. The lowest BCUT2D eigenvalue weighted by atomic mass is 10.0. The Balaban J connectivity index is 1.75. The maximum atomic E-state index is 13.4. The largest absolute Gasteiger partial charge is 0.494 e. The topological polar surface area (TPSA) is 46.5 Å². The standard InChI is InChI=1S/C26H31N3O2/c1-4-31-22-13-11-20(12-14-22)25-24-10-7-17-28(24)23-9-6-5-8-21(23)18-29(25)26(30)27-16-15-19(2)3/h5-14,17,19,25H,4,15-16,18H2,1-3H3,(H,27,30). The minimum Gasteiger partial charge on any atom is -0.494 e. The number of aromatic nitrogens is 1. The molecule has 1 aromatic heterocycles. The van der Waals surface area contributed by atoms with Crippen molar-refractivity contribution in [2.75, 3.05) is 13.2 Å². The van der Waals surface area contributed by atoms with Crippen molar-refractivity contribution in [1.29, 1.82) is 0 Å². The molecule has 3 aromatic rings. The van der Waals surface area contributed by atoms with E-state index in [0.717, 1.165) is 34.7 Å². The summed E-state index contributed by atoms with van der Waals surface area (Å²) < 4.78 is 7.84. The summed E-state index contributed by atoms with van der Waals surface area (Å²) in [5, 5.41) is 3.15. The molecule has 2 amide bonds. The molecule has 1 unspecified atom stereocenters. The van der Waals surface area contributed by atoms with Crippen molar-refractivity contribution in [3.8, 4) is 11.4 Å². The van der Waals surface area contributed by atoms with Crippen molar-refractivity contribution in [1.82, 2.24) is 14.8 Å². The van der Waals surface area contributed by atoms with Crippen LogP contribution >= 0.6 is 0 Å². The summed E-state index contributed by atoms with van der Waals surface area (Å²) in [5.41, 5.74) is 4.40. The van der Waals surface area contributed by atoms with Crippen LogP contribution in [0.5, 0.6) is 5.75 Å². The van der Waals surface area contributed by atoms with Gasteiger partial charge in [0.1, 0.15) is 5.75 Å². The Labute approximate surface area is 184 Å². The van der Waals surface area contributed by atoms with Crippen LogP contribution in [-0.4, -0.2) is 28.6 Å². The van der Waals surface area contributed by atoms with Crippen LogP contribution in [0.2, 0.25) is 0 Å². The fourth-order valence-corrected chi connectivity index (χ4v) is 4.17. The molecule has 1 aliphatic rings. The van der Waals surface area contributed by atoms with Crippen LogP contribution in [0.3, 0.4) is 0 Å². The van der Waals surface area contributed by atoms with E-state index in [0.29, 0.717) is 25.6 Å². The molecule has 0 spiro atoms. The monoisotopic (exact) mass is 417 g/mol. The number of fused-ring (bicyclic) bond motifs is 3. The summed E-state index contributed by atoms with van der Waals surface area (Å²) >= 11 is 0. The van der Waals surface area contributed by atoms with Crippen LogP contribution in [0.4, 0.5) is 4.79 Å². The summed E-state index contributed by atoms with van der Waals surface area (Å²) in [5.74, 6) is 1.38. The Morgan fingerprint density at radius 3 is 2.61 bits per heavy atom. The zero-order chi connectivity index (χ0) is 21.8. The first kappa shape index (κ1) is 21.0. The fourth-order valence-electron chi connectivity index (χ4n) is 4.17. The van der Waals surface area contributed by atoms with E-state index in [4.69, 9.17) is 4.74 Å². The Morgan fingerprint density at radius 1 is 1.10 bits per heavy atom. The Bertz CT molecular complexity index is 1020. The Morgan fingerprint density at radius 2 is 1.87 bits per heavy atom. The van der Waals surface area contributed by atoms with E-state index in [1.807, 2.05) is 42.2 Å². The van der Waals surface area contributed by atoms with E-state index in [-0.39, 0.29) is 12.1 Å². The lowest BCUT2D eigenvalue weighted by Gasteiger charge is -2.31. The van der Waals surface area contributed by atoms with E-state index in [1.54, 1.807) is 0 Å². The molecule has 2 heterocycles. The second kappa shape index (κ2) is 9.29. The number of hydrogen-bond acceptors (Lipinski definition) is 2. The van der Waals surface area contributed by atoms with Crippen molar-refractivity contribution in [3.05, 3.63) is 83.7 Å². The second-order valence-electron chi connectivity index (χ2n) is 8.38. The molecule has 5 nitrogen and oxygen atoms in total. The smallest absolute Gasteiger partial charge is 0.318 e. The van der Waals surface area contributed by atoms with Gasteiger partial charge in [-0.05, 0) is 60.7 Å². The Kier molecular flexibility index (Phi) is 6.31. The number of rotatable bonds is 6. The number of ether oxygens (including phenoxy) is 1. The highest BCUT2D eigenvalue weighted by Gasteiger charge is 2.32. The number of nitrogens with zero attached hydrogens (tertiary/aromatic N) is 2. The Hall–Kier alpha value is -3.21. The minimum absolute atomic E-state index is 0.0380. The number of carbonyl (C=O) groups excluding carboxylic acids is 1. The quantitative estimate of drug-likeness (QED) is 0.573. The van der Waals surface area contributed by atoms with Gasteiger partial charge in [0.05, 0.1) is 24.9 Å². The van der Waals surface area contributed by atoms with Crippen LogP contribution < -0.4 is 10.1 Å². The van der Waals surface area contributed by atoms with Crippen LogP contribution in [0.1, 0.15) is 50.1 Å². The molecule has 1 atom stereocenters. The number of carbonyl (C=O) groups is 1. The molecule has 31 heavy (non-hydrogen) atoms. The highest BCUT2D eigenvalue weighted by Crippen LogP contribution is 2.37. The van der Waals surface area contributed by atoms with Crippen molar-refractivity contribution in [2.24, 2.45) is 5.92 Å². The molecule has 1 N–H and O–H groups in total. The van der Waals surface area contributed by atoms with E-state index >= 15 is 0 Å². The first-order chi connectivity index (χ1) is 15.1. The third-order valence-electron chi connectivity index (χ3n) is 5.73. The van der Waals surface area contributed by atoms with Gasteiger partial charge >= 0.3 is 6.03 Å². The highest BCUT2D eigenvalue weighted by atomic mass is 16.5. The number of benzene rings is 2. The molecule has 0 saturated heterocycles. The molecule has 2 aromatic carbocycles. The van der Waals surface area contributed by atoms with Crippen LogP contribution in [0.25, 0.3) is 5.69 Å². The molecular formula is C26H31N3O2. The third-order valence-corrected chi connectivity index (χ3v) is 5.73. The number of nitrogens with one attached hydrogen (secondary N) is 1. The number of hydrogen-bond donors (Lipinski definition) is 1. The van der Waals surface area contributed by atoms with E-state index in [2.05, 4.69) is 60.3 Å². The van der Waals surface area contributed by atoms with E-state index in [1.165, 1.54) is 0 Å². The van der Waals surface area contributed by atoms with Crippen LogP contribution in [0, 0.1) is 5.92 Å². The van der Waals surface area contributed by atoms with Crippen molar-refractivity contribution < 1.29 is 9.53 Å². The second-order valence-corrected chi connectivity index (χ2v) is 8.38. The van der Waals surface area contributed by atoms with E-state index in [9.17, 15) is 4.79 Å². The zero-order valence-corrected chi connectivity index (χ0v) is 18.5. The molecule has 4 rings (SSSR count). The zero-order valence-electron chi connectivity index (χ0n) is 18.5. The average Bonchev–Trinajstić information content (AvgIpc) is 3.19. The van der Waals surface area contributed by atoms with Gasteiger partial charge in [-0.2, -0.15) is 0 Å². The summed E-state index contributed by atoms with van der Waals surface area (Å²) in [7, 11) is 0. The predicted molar refractivity (Wildman–Crippen MR) is 124 cm³/mol. The lowest BCUT2D eigenvalue weighted by Crippen LogP contribution is -2.42. The van der Waals surface area contributed by atoms with Gasteiger partial charge < -0.3 is 19.5 Å². The number of para-hydroxylation sites is 1. The minimum atomic E-state index is -0.197. The van der Waals surface area contributed by atoms with Gasteiger partial charge in [0, 0.05) is 18.4 Å². The first-order valence-electron chi connectivity index (χ1n) is 11.1. The average molecular weight is 418 g/mol. The van der Waals surface area contributed by atoms with Gasteiger partial charge in [-0.15, -0.1) is 0 Å². The van der Waals surface area contributed by atoms with Gasteiger partial charge in [-0.1, -0.05) is 44.2 Å². The van der Waals surface area contributed by atoms with Crippen molar-refractivity contribution in [2.45, 2.75) is 39.8 Å². The molecule has 0 saturated carbocycles. The van der Waals surface area contributed by atoms with E-state index < -0.39 is 0 Å². The maximum Gasteiger partial charge on any atom is 0.318 e. The van der Waals surface area contributed by atoms with Crippen molar-refractivity contribution in [3.63, 3.8) is 0 Å². The summed E-state index contributed by atoms with van der Waals surface area (Å²) in [6.45, 7) is 8.17. The maximum absolute atomic E-state index is 13.4. The van der Waals surface area contributed by atoms with Gasteiger partial charge in [-0.25, -0.2) is 4.79 Å². The normalized spacial score (nSPS) is 15.2. The first-order valence-corrected chi connectivity index (χ1v) is 11.1. The molecule has 0 radical (unpaired) electrons. The molecule has 1 aliphatic heterocycles. The van der Waals surface area contributed by atoms with Crippen LogP contribution in [0.15, 0.2) is 66.9 Å². The summed E-state index contributed by atoms with van der Waals surface area (Å²) in [4.78, 5) is 15.4. The van der Waals surface area contributed by atoms with Gasteiger partial charge in [0.2, 0.25) is 0 Å². The summed E-state index contributed by atoms with van der Waals surface area (Å²) in [6, 6.07) is 20.3. The van der Waals surface area contributed by atoms with Crippen molar-refractivity contribution >= 4 is 6.03 Å². The SMILES string of the molecule is CCOc1ccc(C2c3cccn3-c3ccccc3CN2C(=O)NCCC(C)C)cc1. The third kappa shape index (κ3) is 4.46. The number of amides is 2. The number of urea groups is 1. The van der Waals surface area contributed by atoms with Gasteiger partial charge in [0.15, 0.2) is 0 Å². The van der Waals surface area contributed by atoms with Crippen LogP contribution in [-0.2, 0) is 6.54 Å². The molecule has 162 valence electrons. The van der Waals surface area contributed by atoms with Gasteiger partial charge in [-0.3, -0.25) is 0 Å².